The number of amides is 1. The molecule has 0 heterocycles. The van der Waals surface area contributed by atoms with Gasteiger partial charge in [-0.05, 0) is 42.5 Å². The molecule has 2 rings (SSSR count). The Hall–Kier alpha value is -2.53. The highest BCUT2D eigenvalue weighted by molar-refractivity contribution is 6.30. The van der Waals surface area contributed by atoms with Crippen LogP contribution in [0.4, 0.5) is 5.69 Å². The van der Waals surface area contributed by atoms with E-state index in [0.29, 0.717) is 22.2 Å². The molecule has 0 fully saturated rings. The van der Waals surface area contributed by atoms with Crippen molar-refractivity contribution in [2.24, 2.45) is 0 Å². The van der Waals surface area contributed by atoms with Crippen LogP contribution in [-0.4, -0.2) is 18.5 Å². The Kier molecular flexibility index (Phi) is 5.38. The van der Waals surface area contributed by atoms with Crippen molar-refractivity contribution in [3.63, 3.8) is 0 Å². The van der Waals surface area contributed by atoms with Crippen LogP contribution in [0.15, 0.2) is 48.5 Å². The molecule has 2 aromatic carbocycles. The Morgan fingerprint density at radius 2 is 1.82 bits per heavy atom. The lowest BCUT2D eigenvalue weighted by atomic mass is 10.3. The molecule has 0 spiro atoms. The average molecular weight is 320 g/mol. The third-order valence-electron chi connectivity index (χ3n) is 2.56. The maximum atomic E-state index is 11.7. The summed E-state index contributed by atoms with van der Waals surface area (Å²) in [7, 11) is 0. The van der Waals surface area contributed by atoms with Gasteiger partial charge in [0, 0.05) is 17.6 Å². The van der Waals surface area contributed by atoms with Crippen LogP contribution in [0, 0.1) is 0 Å². The summed E-state index contributed by atoms with van der Waals surface area (Å²) >= 11 is 5.81. The molecule has 6 heteroatoms. The monoisotopic (exact) mass is 319 g/mol. The molecule has 0 aliphatic heterocycles. The van der Waals surface area contributed by atoms with Gasteiger partial charge in [-0.25, -0.2) is 4.79 Å². The number of hydrogen-bond donors (Lipinski definition) is 1. The molecule has 0 unspecified atom stereocenters. The number of nitrogens with one attached hydrogen (secondary N) is 1. The quantitative estimate of drug-likeness (QED) is 0.678. The van der Waals surface area contributed by atoms with Crippen molar-refractivity contribution >= 4 is 29.2 Å². The second kappa shape index (κ2) is 7.47. The predicted molar refractivity (Wildman–Crippen MR) is 83.3 cm³/mol. The SMILES string of the molecule is CC(=O)Nc1ccc(OC(=O)COc2cccc(Cl)c2)cc1. The van der Waals surface area contributed by atoms with Crippen LogP contribution in [0.2, 0.25) is 5.02 Å². The van der Waals surface area contributed by atoms with Crippen molar-refractivity contribution in [3.8, 4) is 11.5 Å². The minimum Gasteiger partial charge on any atom is -0.482 e. The molecule has 114 valence electrons. The van der Waals surface area contributed by atoms with E-state index in [0.717, 1.165) is 0 Å². The molecule has 5 nitrogen and oxygen atoms in total. The smallest absolute Gasteiger partial charge is 0.349 e. The van der Waals surface area contributed by atoms with Gasteiger partial charge in [-0.2, -0.15) is 0 Å². The maximum Gasteiger partial charge on any atom is 0.349 e. The van der Waals surface area contributed by atoms with E-state index in [2.05, 4.69) is 5.32 Å². The van der Waals surface area contributed by atoms with E-state index in [1.54, 1.807) is 48.5 Å². The van der Waals surface area contributed by atoms with Gasteiger partial charge in [0.25, 0.3) is 0 Å². The first-order valence-electron chi connectivity index (χ1n) is 6.49. The average Bonchev–Trinajstić information content (AvgIpc) is 2.47. The van der Waals surface area contributed by atoms with Crippen molar-refractivity contribution in [1.82, 2.24) is 0 Å². The van der Waals surface area contributed by atoms with Crippen LogP contribution >= 0.6 is 11.6 Å². The number of rotatable bonds is 5. The highest BCUT2D eigenvalue weighted by Gasteiger charge is 2.07. The van der Waals surface area contributed by atoms with Gasteiger partial charge in [-0.1, -0.05) is 17.7 Å². The number of ether oxygens (including phenoxy) is 2. The van der Waals surface area contributed by atoms with E-state index in [9.17, 15) is 9.59 Å². The van der Waals surface area contributed by atoms with Crippen LogP contribution < -0.4 is 14.8 Å². The van der Waals surface area contributed by atoms with Crippen molar-refractivity contribution in [2.45, 2.75) is 6.92 Å². The summed E-state index contributed by atoms with van der Waals surface area (Å²) in [6, 6.07) is 13.2. The van der Waals surface area contributed by atoms with Gasteiger partial charge in [0.1, 0.15) is 11.5 Å². The van der Waals surface area contributed by atoms with Crippen molar-refractivity contribution in [2.75, 3.05) is 11.9 Å². The molecule has 0 aliphatic rings. The van der Waals surface area contributed by atoms with Gasteiger partial charge in [-0.3, -0.25) is 4.79 Å². The lowest BCUT2D eigenvalue weighted by molar-refractivity contribution is -0.136. The maximum absolute atomic E-state index is 11.7. The summed E-state index contributed by atoms with van der Waals surface area (Å²) in [6.45, 7) is 1.19. The summed E-state index contributed by atoms with van der Waals surface area (Å²) in [5.41, 5.74) is 0.627. The van der Waals surface area contributed by atoms with E-state index in [-0.39, 0.29) is 12.5 Å². The van der Waals surface area contributed by atoms with Crippen LogP contribution in [0.1, 0.15) is 6.92 Å². The molecule has 0 aromatic heterocycles. The molecule has 0 aliphatic carbocycles. The van der Waals surface area contributed by atoms with E-state index in [4.69, 9.17) is 21.1 Å². The van der Waals surface area contributed by atoms with Gasteiger partial charge in [0.15, 0.2) is 6.61 Å². The van der Waals surface area contributed by atoms with Gasteiger partial charge < -0.3 is 14.8 Å². The fourth-order valence-electron chi connectivity index (χ4n) is 1.67. The molecule has 2 aromatic rings. The van der Waals surface area contributed by atoms with Crippen LogP contribution in [0.3, 0.4) is 0 Å². The summed E-state index contributed by atoms with van der Waals surface area (Å²) < 4.78 is 10.4. The molecule has 0 radical (unpaired) electrons. The number of carbonyl (C=O) groups excluding carboxylic acids is 2. The number of anilines is 1. The van der Waals surface area contributed by atoms with E-state index in [1.807, 2.05) is 0 Å². The van der Waals surface area contributed by atoms with Crippen LogP contribution in [0.25, 0.3) is 0 Å². The molecular formula is C16H14ClNO4. The van der Waals surface area contributed by atoms with Gasteiger partial charge in [0.2, 0.25) is 5.91 Å². The molecule has 22 heavy (non-hydrogen) atoms. The van der Waals surface area contributed by atoms with E-state index in [1.165, 1.54) is 6.92 Å². The summed E-state index contributed by atoms with van der Waals surface area (Å²) in [4.78, 5) is 22.6. The molecule has 1 amide bonds. The number of hydrogen-bond acceptors (Lipinski definition) is 4. The Balaban J connectivity index is 1.85. The number of esters is 1. The second-order valence-electron chi connectivity index (χ2n) is 4.43. The fourth-order valence-corrected chi connectivity index (χ4v) is 1.85. The normalized spacial score (nSPS) is 9.91. The number of benzene rings is 2. The first kappa shape index (κ1) is 15.9. The van der Waals surface area contributed by atoms with E-state index >= 15 is 0 Å². The molecular weight excluding hydrogens is 306 g/mol. The first-order chi connectivity index (χ1) is 10.5. The predicted octanol–water partition coefficient (Wildman–Crippen LogP) is 3.28. The first-order valence-corrected chi connectivity index (χ1v) is 6.87. The third-order valence-corrected chi connectivity index (χ3v) is 2.79. The largest absolute Gasteiger partial charge is 0.482 e. The topological polar surface area (TPSA) is 64.6 Å². The third kappa shape index (κ3) is 5.10. The highest BCUT2D eigenvalue weighted by Crippen LogP contribution is 2.18. The minimum atomic E-state index is -0.535. The fraction of sp³-hybridized carbons (Fsp3) is 0.125. The second-order valence-corrected chi connectivity index (χ2v) is 4.86. The zero-order valence-electron chi connectivity index (χ0n) is 11.8. The number of halogens is 1. The Morgan fingerprint density at radius 1 is 1.09 bits per heavy atom. The zero-order chi connectivity index (χ0) is 15.9. The summed E-state index contributed by atoms with van der Waals surface area (Å²) in [5.74, 6) is 0.158. The molecule has 0 bridgehead atoms. The van der Waals surface area contributed by atoms with Crippen LogP contribution in [-0.2, 0) is 9.59 Å². The van der Waals surface area contributed by atoms with Crippen molar-refractivity contribution < 1.29 is 19.1 Å². The van der Waals surface area contributed by atoms with Crippen LogP contribution in [0.5, 0.6) is 11.5 Å². The van der Waals surface area contributed by atoms with Crippen molar-refractivity contribution in [1.29, 1.82) is 0 Å². The Labute approximate surface area is 132 Å². The molecule has 0 saturated carbocycles. The van der Waals surface area contributed by atoms with Gasteiger partial charge >= 0.3 is 5.97 Å². The molecule has 0 atom stereocenters. The minimum absolute atomic E-state index is 0.167. The van der Waals surface area contributed by atoms with Gasteiger partial charge in [-0.15, -0.1) is 0 Å². The Bertz CT molecular complexity index is 670. The zero-order valence-corrected chi connectivity index (χ0v) is 12.6. The summed E-state index contributed by atoms with van der Waals surface area (Å²) in [5, 5.41) is 3.15. The Morgan fingerprint density at radius 3 is 2.45 bits per heavy atom. The molecule has 1 N–H and O–H groups in total. The lowest BCUT2D eigenvalue weighted by Gasteiger charge is -2.08. The van der Waals surface area contributed by atoms with E-state index < -0.39 is 5.97 Å². The number of carbonyl (C=O) groups is 2. The van der Waals surface area contributed by atoms with Crippen molar-refractivity contribution in [3.05, 3.63) is 53.6 Å². The lowest BCUT2D eigenvalue weighted by Crippen LogP contribution is -2.17. The highest BCUT2D eigenvalue weighted by atomic mass is 35.5. The standard InChI is InChI=1S/C16H14ClNO4/c1-11(19)18-13-5-7-14(8-6-13)22-16(20)10-21-15-4-2-3-12(17)9-15/h2-9H,10H2,1H3,(H,18,19). The van der Waals surface area contributed by atoms with Gasteiger partial charge in [0.05, 0.1) is 0 Å². The molecule has 0 saturated heterocycles. The summed E-state index contributed by atoms with van der Waals surface area (Å²) in [6.07, 6.45) is 0.